The maximum atomic E-state index is 12.7. The Morgan fingerprint density at radius 2 is 1.71 bits per heavy atom. The van der Waals surface area contributed by atoms with E-state index < -0.39 is 0 Å². The lowest BCUT2D eigenvalue weighted by molar-refractivity contribution is 0.0526. The molecule has 1 aliphatic carbocycles. The molecule has 0 saturated heterocycles. The van der Waals surface area contributed by atoms with Crippen molar-refractivity contribution < 1.29 is 14.3 Å². The fourth-order valence-electron chi connectivity index (χ4n) is 4.14. The van der Waals surface area contributed by atoms with Crippen molar-refractivity contribution in [2.45, 2.75) is 44.4 Å². The van der Waals surface area contributed by atoms with Gasteiger partial charge in [-0.05, 0) is 96.1 Å². The molecule has 3 aromatic rings. The summed E-state index contributed by atoms with van der Waals surface area (Å²) >= 11 is 1.16. The van der Waals surface area contributed by atoms with E-state index >= 15 is 0 Å². The second-order valence-corrected chi connectivity index (χ2v) is 10.1. The molecule has 3 aromatic carbocycles. The summed E-state index contributed by atoms with van der Waals surface area (Å²) in [6, 6.07) is 21.6. The molecule has 4 nitrogen and oxygen atoms in total. The van der Waals surface area contributed by atoms with Crippen LogP contribution in [0.2, 0.25) is 0 Å². The number of esters is 1. The van der Waals surface area contributed by atoms with E-state index in [1.165, 1.54) is 27.8 Å². The van der Waals surface area contributed by atoms with Gasteiger partial charge in [-0.2, -0.15) is 0 Å². The highest BCUT2D eigenvalue weighted by Gasteiger charge is 2.29. The van der Waals surface area contributed by atoms with Crippen LogP contribution in [0, 0.1) is 6.92 Å². The number of aryl methyl sites for hydroxylation is 1. The molecular formula is C29H29NO3S. The number of rotatable bonds is 5. The van der Waals surface area contributed by atoms with Gasteiger partial charge in [-0.25, -0.2) is 4.79 Å². The quantitative estimate of drug-likeness (QED) is 0.307. The first kappa shape index (κ1) is 23.8. The van der Waals surface area contributed by atoms with Gasteiger partial charge in [0.15, 0.2) is 0 Å². The van der Waals surface area contributed by atoms with Crippen molar-refractivity contribution in [1.29, 1.82) is 0 Å². The average Bonchev–Trinajstić information content (AvgIpc) is 2.80. The van der Waals surface area contributed by atoms with Gasteiger partial charge in [-0.15, -0.1) is 0 Å². The van der Waals surface area contributed by atoms with Crippen molar-refractivity contribution in [3.05, 3.63) is 101 Å². The van der Waals surface area contributed by atoms with Gasteiger partial charge in [0.1, 0.15) is 0 Å². The van der Waals surface area contributed by atoms with Gasteiger partial charge in [0, 0.05) is 10.6 Å². The number of nitrogens with one attached hydrogen (secondary N) is 1. The Morgan fingerprint density at radius 3 is 2.38 bits per heavy atom. The van der Waals surface area contributed by atoms with Crippen LogP contribution in [0.15, 0.2) is 77.7 Å². The van der Waals surface area contributed by atoms with Crippen LogP contribution in [-0.4, -0.2) is 17.8 Å². The second kappa shape index (κ2) is 9.90. The third kappa shape index (κ3) is 5.26. The van der Waals surface area contributed by atoms with E-state index in [2.05, 4.69) is 68.6 Å². The Balaban J connectivity index is 1.53. The van der Waals surface area contributed by atoms with E-state index in [0.29, 0.717) is 17.9 Å². The van der Waals surface area contributed by atoms with Crippen molar-refractivity contribution >= 4 is 34.2 Å². The summed E-state index contributed by atoms with van der Waals surface area (Å²) in [5.74, 6) is -0.371. The number of allylic oxidation sites excluding steroid dienone is 1. The lowest BCUT2D eigenvalue weighted by atomic mass is 9.72. The molecule has 0 aromatic heterocycles. The van der Waals surface area contributed by atoms with Crippen LogP contribution in [0.4, 0.5) is 10.5 Å². The van der Waals surface area contributed by atoms with Crippen LogP contribution in [0.3, 0.4) is 0 Å². The Morgan fingerprint density at radius 1 is 1.00 bits per heavy atom. The summed E-state index contributed by atoms with van der Waals surface area (Å²) in [6.07, 6.45) is 3.28. The van der Waals surface area contributed by atoms with Crippen LogP contribution < -0.4 is 5.32 Å². The summed E-state index contributed by atoms with van der Waals surface area (Å²) in [4.78, 5) is 25.4. The van der Waals surface area contributed by atoms with E-state index in [1.54, 1.807) is 31.2 Å². The van der Waals surface area contributed by atoms with Gasteiger partial charge in [0.2, 0.25) is 0 Å². The molecule has 1 amide bonds. The van der Waals surface area contributed by atoms with Crippen molar-refractivity contribution in [2.75, 3.05) is 11.9 Å². The number of hydrogen-bond acceptors (Lipinski definition) is 4. The molecule has 34 heavy (non-hydrogen) atoms. The highest BCUT2D eigenvalue weighted by molar-refractivity contribution is 8.13. The smallest absolute Gasteiger partial charge is 0.338 e. The van der Waals surface area contributed by atoms with Gasteiger partial charge < -0.3 is 10.1 Å². The zero-order valence-electron chi connectivity index (χ0n) is 20.0. The molecule has 0 unspecified atom stereocenters. The molecule has 0 bridgehead atoms. The van der Waals surface area contributed by atoms with E-state index in [9.17, 15) is 9.59 Å². The molecular weight excluding hydrogens is 442 g/mol. The maximum Gasteiger partial charge on any atom is 0.338 e. The molecule has 4 rings (SSSR count). The Labute approximate surface area is 205 Å². The molecule has 0 radical (unpaired) electrons. The lowest BCUT2D eigenvalue weighted by Gasteiger charge is -2.32. The van der Waals surface area contributed by atoms with Crippen LogP contribution >= 0.6 is 11.8 Å². The molecule has 1 aliphatic rings. The first-order valence-electron chi connectivity index (χ1n) is 11.4. The monoisotopic (exact) mass is 471 g/mol. The first-order chi connectivity index (χ1) is 16.3. The molecule has 0 saturated carbocycles. The standard InChI is InChI=1S/C29H29NO3S/c1-5-33-27(31)21-10-12-22(13-11-21)30-28(32)34-23-14-15-26-25(18-23)24(16-17-29(26,3)4)20-8-6-19(2)7-9-20/h6-16,18H,5,17H2,1-4H3,(H,30,32). The number of amides is 1. The number of carbonyl (C=O) groups is 2. The highest BCUT2D eigenvalue weighted by atomic mass is 32.2. The minimum absolute atomic E-state index is 0.0374. The number of hydrogen-bond donors (Lipinski definition) is 1. The predicted molar refractivity (Wildman–Crippen MR) is 140 cm³/mol. The van der Waals surface area contributed by atoms with Gasteiger partial charge >= 0.3 is 5.97 Å². The molecule has 0 heterocycles. The normalized spacial score (nSPS) is 14.1. The minimum atomic E-state index is -0.371. The fourth-order valence-corrected chi connectivity index (χ4v) is 4.83. The van der Waals surface area contributed by atoms with Crippen molar-refractivity contribution in [3.63, 3.8) is 0 Å². The average molecular weight is 472 g/mol. The third-order valence-electron chi connectivity index (χ3n) is 6.04. The van der Waals surface area contributed by atoms with Gasteiger partial charge in [-0.1, -0.05) is 55.8 Å². The van der Waals surface area contributed by atoms with Crippen LogP contribution in [0.1, 0.15) is 59.8 Å². The summed E-state index contributed by atoms with van der Waals surface area (Å²) in [5, 5.41) is 2.71. The number of thioether (sulfide) groups is 1. The van der Waals surface area contributed by atoms with Crippen molar-refractivity contribution in [3.8, 4) is 0 Å². The largest absolute Gasteiger partial charge is 0.462 e. The van der Waals surface area contributed by atoms with Crippen LogP contribution in [-0.2, 0) is 10.2 Å². The van der Waals surface area contributed by atoms with Crippen molar-refractivity contribution in [1.82, 2.24) is 0 Å². The lowest BCUT2D eigenvalue weighted by Crippen LogP contribution is -2.22. The molecule has 0 aliphatic heterocycles. The SMILES string of the molecule is CCOC(=O)c1ccc(NC(=O)Sc2ccc3c(c2)C(c2ccc(C)cc2)=CCC3(C)C)cc1. The predicted octanol–water partition coefficient (Wildman–Crippen LogP) is 7.61. The van der Waals surface area contributed by atoms with Crippen molar-refractivity contribution in [2.24, 2.45) is 0 Å². The minimum Gasteiger partial charge on any atom is -0.462 e. The summed E-state index contributed by atoms with van der Waals surface area (Å²) < 4.78 is 5.00. The number of fused-ring (bicyclic) bond motifs is 1. The Kier molecular flexibility index (Phi) is 6.94. The molecule has 0 atom stereocenters. The van der Waals surface area contributed by atoms with Crippen LogP contribution in [0.25, 0.3) is 5.57 Å². The van der Waals surface area contributed by atoms with E-state index in [4.69, 9.17) is 4.74 Å². The summed E-state index contributed by atoms with van der Waals surface area (Å²) in [7, 11) is 0. The Hall–Kier alpha value is -3.31. The zero-order valence-corrected chi connectivity index (χ0v) is 20.8. The number of anilines is 1. The summed E-state index contributed by atoms with van der Waals surface area (Å²) in [6.45, 7) is 8.70. The highest BCUT2D eigenvalue weighted by Crippen LogP contribution is 2.42. The van der Waals surface area contributed by atoms with E-state index in [0.717, 1.165) is 23.1 Å². The maximum absolute atomic E-state index is 12.7. The summed E-state index contributed by atoms with van der Waals surface area (Å²) in [5.41, 5.74) is 7.24. The molecule has 5 heteroatoms. The van der Waals surface area contributed by atoms with E-state index in [-0.39, 0.29) is 16.6 Å². The van der Waals surface area contributed by atoms with E-state index in [1.807, 2.05) is 6.07 Å². The Bertz CT molecular complexity index is 1240. The second-order valence-electron chi connectivity index (χ2n) is 9.09. The van der Waals surface area contributed by atoms with Gasteiger partial charge in [-0.3, -0.25) is 4.79 Å². The number of ether oxygens (including phenoxy) is 1. The molecule has 0 spiro atoms. The number of carbonyl (C=O) groups excluding carboxylic acids is 2. The molecule has 1 N–H and O–H groups in total. The fraction of sp³-hybridized carbons (Fsp3) is 0.241. The van der Waals surface area contributed by atoms with Gasteiger partial charge in [0.25, 0.3) is 5.24 Å². The zero-order chi connectivity index (χ0) is 24.3. The third-order valence-corrected chi connectivity index (χ3v) is 6.82. The topological polar surface area (TPSA) is 55.4 Å². The molecule has 174 valence electrons. The number of benzene rings is 3. The first-order valence-corrected chi connectivity index (χ1v) is 12.3. The molecule has 0 fully saturated rings. The van der Waals surface area contributed by atoms with Crippen LogP contribution in [0.5, 0.6) is 0 Å². The van der Waals surface area contributed by atoms with Gasteiger partial charge in [0.05, 0.1) is 12.2 Å².